The van der Waals surface area contributed by atoms with E-state index in [0.717, 1.165) is 36.4 Å². The van der Waals surface area contributed by atoms with Gasteiger partial charge in [0.2, 0.25) is 0 Å². The zero-order chi connectivity index (χ0) is 23.2. The number of carboxylic acid groups (broad SMARTS) is 1. The first kappa shape index (κ1) is 22.8. The molecule has 2 heterocycles. The van der Waals surface area contributed by atoms with Crippen LogP contribution in [-0.2, 0) is 11.2 Å². The Morgan fingerprint density at radius 3 is 2.61 bits per heavy atom. The van der Waals surface area contributed by atoms with Crippen LogP contribution in [0.1, 0.15) is 60.5 Å². The number of amides is 1. The van der Waals surface area contributed by atoms with Crippen LogP contribution in [0.2, 0.25) is 0 Å². The molecule has 4 rings (SSSR count). The van der Waals surface area contributed by atoms with E-state index in [0.29, 0.717) is 17.7 Å². The summed E-state index contributed by atoms with van der Waals surface area (Å²) in [5.41, 5.74) is 3.10. The lowest BCUT2D eigenvalue weighted by atomic mass is 9.86. The van der Waals surface area contributed by atoms with Crippen LogP contribution in [-0.4, -0.2) is 47.4 Å². The molecule has 2 atom stereocenters. The van der Waals surface area contributed by atoms with Gasteiger partial charge in [-0.05, 0) is 73.6 Å². The third kappa shape index (κ3) is 5.92. The number of aliphatic carboxylic acids is 1. The smallest absolute Gasteiger partial charge is 0.303 e. The molecule has 2 unspecified atom stereocenters. The summed E-state index contributed by atoms with van der Waals surface area (Å²) in [6.07, 6.45) is 6.79. The van der Waals surface area contributed by atoms with Crippen molar-refractivity contribution in [2.45, 2.75) is 51.6 Å². The Kier molecular flexibility index (Phi) is 7.27. The van der Waals surface area contributed by atoms with Gasteiger partial charge in [-0.15, -0.1) is 0 Å². The Balaban J connectivity index is 1.39. The van der Waals surface area contributed by atoms with Crippen molar-refractivity contribution in [1.82, 2.24) is 5.01 Å². The van der Waals surface area contributed by atoms with Gasteiger partial charge < -0.3 is 15.2 Å². The maximum absolute atomic E-state index is 12.8. The van der Waals surface area contributed by atoms with Gasteiger partial charge in [0.15, 0.2) is 0 Å². The van der Waals surface area contributed by atoms with Crippen LogP contribution in [0.15, 0.2) is 47.6 Å². The van der Waals surface area contributed by atoms with Crippen molar-refractivity contribution in [2.75, 3.05) is 18.4 Å². The third-order valence-corrected chi connectivity index (χ3v) is 6.32. The number of hydrogen-bond acceptors (Lipinski definition) is 5. The van der Waals surface area contributed by atoms with Crippen molar-refractivity contribution in [2.24, 2.45) is 11.0 Å². The molecule has 0 radical (unpaired) electrons. The van der Waals surface area contributed by atoms with Gasteiger partial charge in [0, 0.05) is 30.3 Å². The average molecular weight is 450 g/mol. The fraction of sp³-hybridized carbons (Fsp3) is 0.423. The standard InChI is InChI=1S/C26H31N3O4/c1-2-23-21(16-25(30)31)15-20-14-19(8-11-24(20)33-23)26(32)28-22-9-6-18(7-10-22)17-27-29-12-4-3-5-13-29/h6-11,14,17,21,23H,2-5,12-13,15-16H2,1H3,(H,28,32)(H,30,31). The second-order valence-corrected chi connectivity index (χ2v) is 8.78. The number of carbonyl (C=O) groups is 2. The maximum atomic E-state index is 12.8. The van der Waals surface area contributed by atoms with Crippen molar-refractivity contribution in [1.29, 1.82) is 0 Å². The van der Waals surface area contributed by atoms with Crippen molar-refractivity contribution in [3.05, 3.63) is 59.2 Å². The molecule has 0 aromatic heterocycles. The summed E-state index contributed by atoms with van der Waals surface area (Å²) >= 11 is 0. The molecule has 2 aliphatic heterocycles. The van der Waals surface area contributed by atoms with Crippen molar-refractivity contribution >= 4 is 23.8 Å². The lowest BCUT2D eigenvalue weighted by Gasteiger charge is -2.32. The summed E-state index contributed by atoms with van der Waals surface area (Å²) in [7, 11) is 0. The fourth-order valence-corrected chi connectivity index (χ4v) is 4.51. The van der Waals surface area contributed by atoms with E-state index in [1.54, 1.807) is 6.07 Å². The van der Waals surface area contributed by atoms with Gasteiger partial charge in [-0.2, -0.15) is 5.10 Å². The number of carbonyl (C=O) groups excluding carboxylic acids is 1. The van der Waals surface area contributed by atoms with Gasteiger partial charge in [0.05, 0.1) is 12.6 Å². The molecule has 7 nitrogen and oxygen atoms in total. The lowest BCUT2D eigenvalue weighted by Crippen LogP contribution is -2.34. The second-order valence-electron chi connectivity index (χ2n) is 8.78. The molecule has 0 aliphatic carbocycles. The van der Waals surface area contributed by atoms with Gasteiger partial charge in [-0.1, -0.05) is 19.1 Å². The molecular formula is C26H31N3O4. The zero-order valence-electron chi connectivity index (χ0n) is 19.0. The van der Waals surface area contributed by atoms with Crippen molar-refractivity contribution in [3.63, 3.8) is 0 Å². The highest BCUT2D eigenvalue weighted by Gasteiger charge is 2.31. The molecule has 2 N–H and O–H groups in total. The number of anilines is 1. The number of hydrazone groups is 1. The third-order valence-electron chi connectivity index (χ3n) is 6.32. The molecule has 1 saturated heterocycles. The molecule has 0 bridgehead atoms. The van der Waals surface area contributed by atoms with Crippen molar-refractivity contribution < 1.29 is 19.4 Å². The minimum atomic E-state index is -0.830. The minimum absolute atomic E-state index is 0.0573. The molecule has 33 heavy (non-hydrogen) atoms. The Labute approximate surface area is 194 Å². The molecule has 2 aromatic carbocycles. The number of piperidine rings is 1. The molecule has 174 valence electrons. The van der Waals surface area contributed by atoms with Crippen LogP contribution < -0.4 is 10.1 Å². The van der Waals surface area contributed by atoms with E-state index < -0.39 is 5.97 Å². The molecule has 1 amide bonds. The first-order chi connectivity index (χ1) is 16.0. The van der Waals surface area contributed by atoms with Crippen LogP contribution in [0.4, 0.5) is 5.69 Å². The topological polar surface area (TPSA) is 91.2 Å². The molecule has 7 heteroatoms. The maximum Gasteiger partial charge on any atom is 0.303 e. The van der Waals surface area contributed by atoms with Crippen LogP contribution >= 0.6 is 0 Å². The van der Waals surface area contributed by atoms with Crippen LogP contribution in [0.25, 0.3) is 0 Å². The zero-order valence-corrected chi connectivity index (χ0v) is 19.0. The monoisotopic (exact) mass is 449 g/mol. The Hall–Kier alpha value is -3.35. The SMILES string of the molecule is CCC1Oc2ccc(C(=O)Nc3ccc(C=NN4CCCCC4)cc3)cc2CC1CC(=O)O. The number of nitrogens with one attached hydrogen (secondary N) is 1. The van der Waals surface area contributed by atoms with Crippen molar-refractivity contribution in [3.8, 4) is 5.75 Å². The highest BCUT2D eigenvalue weighted by Crippen LogP contribution is 2.34. The van der Waals surface area contributed by atoms with Crippen LogP contribution in [0.3, 0.4) is 0 Å². The molecule has 2 aliphatic rings. The molecule has 0 spiro atoms. The highest BCUT2D eigenvalue weighted by molar-refractivity contribution is 6.04. The fourth-order valence-electron chi connectivity index (χ4n) is 4.51. The summed E-state index contributed by atoms with van der Waals surface area (Å²) in [6, 6.07) is 13.0. The number of carboxylic acids is 1. The highest BCUT2D eigenvalue weighted by atomic mass is 16.5. The predicted molar refractivity (Wildman–Crippen MR) is 128 cm³/mol. The van der Waals surface area contributed by atoms with Gasteiger partial charge in [-0.3, -0.25) is 14.6 Å². The largest absolute Gasteiger partial charge is 0.490 e. The summed E-state index contributed by atoms with van der Waals surface area (Å²) in [5, 5.41) is 18.8. The second kappa shape index (κ2) is 10.5. The van der Waals surface area contributed by atoms with E-state index in [4.69, 9.17) is 4.74 Å². The van der Waals surface area contributed by atoms with E-state index in [-0.39, 0.29) is 24.3 Å². The van der Waals surface area contributed by atoms with Crippen LogP contribution in [0.5, 0.6) is 5.75 Å². The lowest BCUT2D eigenvalue weighted by molar-refractivity contribution is -0.139. The van der Waals surface area contributed by atoms with Gasteiger partial charge in [-0.25, -0.2) is 0 Å². The number of benzene rings is 2. The number of nitrogens with zero attached hydrogens (tertiary/aromatic N) is 2. The summed E-state index contributed by atoms with van der Waals surface area (Å²) < 4.78 is 6.02. The van der Waals surface area contributed by atoms with Gasteiger partial charge in [0.25, 0.3) is 5.91 Å². The normalized spacial score (nSPS) is 20.2. The summed E-state index contributed by atoms with van der Waals surface area (Å²) in [4.78, 5) is 24.1. The molecular weight excluding hydrogens is 418 g/mol. The van der Waals surface area contributed by atoms with E-state index >= 15 is 0 Å². The van der Waals surface area contributed by atoms with Gasteiger partial charge in [0.1, 0.15) is 11.9 Å². The Bertz CT molecular complexity index is 1010. The molecule has 0 saturated carbocycles. The Morgan fingerprint density at radius 2 is 1.91 bits per heavy atom. The van der Waals surface area contributed by atoms with E-state index in [1.807, 2.05) is 49.5 Å². The van der Waals surface area contributed by atoms with Crippen LogP contribution in [0, 0.1) is 5.92 Å². The molecule has 2 aromatic rings. The predicted octanol–water partition coefficient (Wildman–Crippen LogP) is 4.56. The first-order valence-corrected chi connectivity index (χ1v) is 11.7. The molecule has 1 fully saturated rings. The van der Waals surface area contributed by atoms with E-state index in [9.17, 15) is 14.7 Å². The summed E-state index contributed by atoms with van der Waals surface area (Å²) in [5.74, 6) is -0.404. The summed E-state index contributed by atoms with van der Waals surface area (Å²) in [6.45, 7) is 4.01. The number of ether oxygens (including phenoxy) is 1. The number of fused-ring (bicyclic) bond motifs is 1. The Morgan fingerprint density at radius 1 is 1.15 bits per heavy atom. The van der Waals surface area contributed by atoms with E-state index in [2.05, 4.69) is 15.4 Å². The minimum Gasteiger partial charge on any atom is -0.490 e. The number of hydrogen-bond donors (Lipinski definition) is 2. The quantitative estimate of drug-likeness (QED) is 0.605. The van der Waals surface area contributed by atoms with Gasteiger partial charge >= 0.3 is 5.97 Å². The first-order valence-electron chi connectivity index (χ1n) is 11.7. The number of rotatable bonds is 7. The average Bonchev–Trinajstić information content (AvgIpc) is 2.83. The van der Waals surface area contributed by atoms with E-state index in [1.165, 1.54) is 19.3 Å².